The van der Waals surface area contributed by atoms with E-state index in [1.54, 1.807) is 0 Å². The van der Waals surface area contributed by atoms with Crippen LogP contribution in [-0.2, 0) is 26.4 Å². The molecule has 1 aromatic heterocycles. The SMILES string of the molecule is Cc1c2n(c3ccccc13)CCOC2(C)CC(=O)N1CCOCC1. The van der Waals surface area contributed by atoms with E-state index in [1.165, 1.54) is 16.5 Å². The second-order valence-corrected chi connectivity index (χ2v) is 6.89. The highest BCUT2D eigenvalue weighted by Gasteiger charge is 2.40. The first-order valence-electron chi connectivity index (χ1n) is 8.68. The third-order valence-electron chi connectivity index (χ3n) is 5.31. The molecule has 1 atom stereocenters. The van der Waals surface area contributed by atoms with Crippen LogP contribution in [0.4, 0.5) is 0 Å². The molecule has 0 bridgehead atoms. The molecule has 0 saturated carbocycles. The van der Waals surface area contributed by atoms with Crippen molar-refractivity contribution in [3.63, 3.8) is 0 Å². The first-order chi connectivity index (χ1) is 11.6. The fourth-order valence-electron chi connectivity index (χ4n) is 4.17. The summed E-state index contributed by atoms with van der Waals surface area (Å²) in [7, 11) is 0. The van der Waals surface area contributed by atoms with Crippen molar-refractivity contribution in [2.75, 3.05) is 32.9 Å². The second kappa shape index (κ2) is 5.90. The fourth-order valence-corrected chi connectivity index (χ4v) is 4.17. The summed E-state index contributed by atoms with van der Waals surface area (Å²) in [5.74, 6) is 0.152. The molecule has 1 aromatic carbocycles. The Kier molecular flexibility index (Phi) is 3.85. The van der Waals surface area contributed by atoms with Crippen molar-refractivity contribution in [3.8, 4) is 0 Å². The normalized spacial score (nSPS) is 24.2. The Morgan fingerprint density at radius 2 is 1.92 bits per heavy atom. The van der Waals surface area contributed by atoms with Crippen LogP contribution in [0.2, 0.25) is 0 Å². The molecule has 1 amide bonds. The monoisotopic (exact) mass is 328 g/mol. The summed E-state index contributed by atoms with van der Waals surface area (Å²) in [6.07, 6.45) is 0.379. The molecule has 0 radical (unpaired) electrons. The molecule has 0 aliphatic carbocycles. The Hall–Kier alpha value is -1.85. The van der Waals surface area contributed by atoms with E-state index in [9.17, 15) is 4.79 Å². The van der Waals surface area contributed by atoms with Crippen molar-refractivity contribution in [2.24, 2.45) is 0 Å². The van der Waals surface area contributed by atoms with Gasteiger partial charge in [0, 0.05) is 30.5 Å². The summed E-state index contributed by atoms with van der Waals surface area (Å²) in [6, 6.07) is 8.45. The zero-order valence-corrected chi connectivity index (χ0v) is 14.4. The van der Waals surface area contributed by atoms with Gasteiger partial charge in [-0.2, -0.15) is 0 Å². The Morgan fingerprint density at radius 3 is 2.71 bits per heavy atom. The number of benzene rings is 1. The minimum absolute atomic E-state index is 0.152. The first-order valence-corrected chi connectivity index (χ1v) is 8.68. The smallest absolute Gasteiger partial charge is 0.226 e. The van der Waals surface area contributed by atoms with Crippen molar-refractivity contribution in [1.82, 2.24) is 9.47 Å². The summed E-state index contributed by atoms with van der Waals surface area (Å²) < 4.78 is 13.8. The number of hydrogen-bond donors (Lipinski definition) is 0. The van der Waals surface area contributed by atoms with E-state index in [2.05, 4.69) is 42.7 Å². The molecule has 1 fully saturated rings. The lowest BCUT2D eigenvalue weighted by atomic mass is 9.92. The number of fused-ring (bicyclic) bond motifs is 3. The highest BCUT2D eigenvalue weighted by atomic mass is 16.5. The Morgan fingerprint density at radius 1 is 1.17 bits per heavy atom. The van der Waals surface area contributed by atoms with Crippen molar-refractivity contribution in [3.05, 3.63) is 35.5 Å². The minimum Gasteiger partial charge on any atom is -0.378 e. The molecule has 0 spiro atoms. The Labute approximate surface area is 142 Å². The Balaban J connectivity index is 1.71. The van der Waals surface area contributed by atoms with E-state index < -0.39 is 5.60 Å². The van der Waals surface area contributed by atoms with Crippen molar-refractivity contribution < 1.29 is 14.3 Å². The summed E-state index contributed by atoms with van der Waals surface area (Å²) in [5.41, 5.74) is 3.04. The minimum atomic E-state index is -0.573. The largest absolute Gasteiger partial charge is 0.378 e. The highest BCUT2D eigenvalue weighted by Crippen LogP contribution is 2.40. The van der Waals surface area contributed by atoms with Crippen LogP contribution in [0.5, 0.6) is 0 Å². The van der Waals surface area contributed by atoms with Gasteiger partial charge in [0.15, 0.2) is 0 Å². The van der Waals surface area contributed by atoms with E-state index in [4.69, 9.17) is 9.47 Å². The fraction of sp³-hybridized carbons (Fsp3) is 0.526. The van der Waals surface area contributed by atoms with Gasteiger partial charge in [-0.3, -0.25) is 4.79 Å². The first kappa shape index (κ1) is 15.7. The Bertz CT molecular complexity index is 776. The van der Waals surface area contributed by atoms with E-state index in [0.717, 1.165) is 12.2 Å². The van der Waals surface area contributed by atoms with Crippen molar-refractivity contribution >= 4 is 16.8 Å². The molecular formula is C19H24N2O3. The topological polar surface area (TPSA) is 43.7 Å². The maximum Gasteiger partial charge on any atom is 0.226 e. The average Bonchev–Trinajstić information content (AvgIpc) is 2.90. The molecule has 2 aliphatic rings. The number of carbonyl (C=O) groups excluding carboxylic acids is 1. The van der Waals surface area contributed by atoms with Gasteiger partial charge in [0.25, 0.3) is 0 Å². The van der Waals surface area contributed by atoms with Gasteiger partial charge in [0.05, 0.1) is 31.9 Å². The van der Waals surface area contributed by atoms with Gasteiger partial charge in [0.2, 0.25) is 5.91 Å². The van der Waals surface area contributed by atoms with Crippen LogP contribution in [0.15, 0.2) is 24.3 Å². The van der Waals surface area contributed by atoms with E-state index >= 15 is 0 Å². The highest BCUT2D eigenvalue weighted by molar-refractivity contribution is 5.86. The number of aryl methyl sites for hydroxylation is 1. The number of amides is 1. The van der Waals surface area contributed by atoms with Crippen LogP contribution in [0, 0.1) is 6.92 Å². The average molecular weight is 328 g/mol. The molecule has 1 unspecified atom stereocenters. The van der Waals surface area contributed by atoms with E-state index in [1.807, 2.05) is 4.90 Å². The molecule has 5 nitrogen and oxygen atoms in total. The van der Waals surface area contributed by atoms with Gasteiger partial charge in [-0.15, -0.1) is 0 Å². The number of nitrogens with zero attached hydrogens (tertiary/aromatic N) is 2. The molecule has 5 heteroatoms. The zero-order valence-electron chi connectivity index (χ0n) is 14.4. The van der Waals surface area contributed by atoms with Gasteiger partial charge in [-0.25, -0.2) is 0 Å². The van der Waals surface area contributed by atoms with Crippen LogP contribution < -0.4 is 0 Å². The molecule has 4 rings (SSSR count). The lowest BCUT2D eigenvalue weighted by molar-refractivity contribution is -0.145. The van der Waals surface area contributed by atoms with Crippen LogP contribution in [-0.4, -0.2) is 48.3 Å². The third-order valence-corrected chi connectivity index (χ3v) is 5.31. The molecule has 24 heavy (non-hydrogen) atoms. The van der Waals surface area contributed by atoms with E-state index in [0.29, 0.717) is 39.3 Å². The second-order valence-electron chi connectivity index (χ2n) is 6.89. The third kappa shape index (κ3) is 2.43. The number of morpholine rings is 1. The van der Waals surface area contributed by atoms with Gasteiger partial charge in [0.1, 0.15) is 5.60 Å². The summed E-state index contributed by atoms with van der Waals surface area (Å²) >= 11 is 0. The number of hydrogen-bond acceptors (Lipinski definition) is 3. The molecule has 3 heterocycles. The van der Waals surface area contributed by atoms with Gasteiger partial charge < -0.3 is 18.9 Å². The summed E-state index contributed by atoms with van der Waals surface area (Å²) in [4.78, 5) is 14.7. The number of para-hydroxylation sites is 1. The van der Waals surface area contributed by atoms with Crippen molar-refractivity contribution in [2.45, 2.75) is 32.4 Å². The van der Waals surface area contributed by atoms with Crippen LogP contribution >= 0.6 is 0 Å². The predicted octanol–water partition coefficient (Wildman–Crippen LogP) is 2.44. The predicted molar refractivity (Wildman–Crippen MR) is 92.0 cm³/mol. The van der Waals surface area contributed by atoms with Crippen molar-refractivity contribution in [1.29, 1.82) is 0 Å². The van der Waals surface area contributed by atoms with Crippen LogP contribution in [0.3, 0.4) is 0 Å². The number of rotatable bonds is 2. The molecule has 2 aliphatic heterocycles. The number of carbonyl (C=O) groups is 1. The maximum absolute atomic E-state index is 12.8. The molecule has 0 N–H and O–H groups in total. The molecule has 1 saturated heterocycles. The lowest BCUT2D eigenvalue weighted by Gasteiger charge is -2.38. The van der Waals surface area contributed by atoms with Gasteiger partial charge in [-0.05, 0) is 25.5 Å². The molecular weight excluding hydrogens is 304 g/mol. The lowest BCUT2D eigenvalue weighted by Crippen LogP contribution is -2.45. The van der Waals surface area contributed by atoms with Gasteiger partial charge >= 0.3 is 0 Å². The molecule has 2 aromatic rings. The summed E-state index contributed by atoms with van der Waals surface area (Å²) in [6.45, 7) is 8.28. The number of ether oxygens (including phenoxy) is 2. The maximum atomic E-state index is 12.8. The van der Waals surface area contributed by atoms with Crippen LogP contribution in [0.25, 0.3) is 10.9 Å². The zero-order chi connectivity index (χ0) is 16.7. The van der Waals surface area contributed by atoms with Gasteiger partial charge in [-0.1, -0.05) is 18.2 Å². The standard InChI is InChI=1S/C19H24N2O3/c1-14-15-5-3-4-6-16(15)21-9-12-24-19(2,18(14)21)13-17(22)20-7-10-23-11-8-20/h3-6H,7-13H2,1-2H3. The molecule has 128 valence electrons. The van der Waals surface area contributed by atoms with Crippen LogP contribution in [0.1, 0.15) is 24.6 Å². The number of aromatic nitrogens is 1. The quantitative estimate of drug-likeness (QED) is 0.850. The van der Waals surface area contributed by atoms with E-state index in [-0.39, 0.29) is 5.91 Å². The summed E-state index contributed by atoms with van der Waals surface area (Å²) in [5, 5.41) is 1.25.